The van der Waals surface area contributed by atoms with Gasteiger partial charge in [-0.05, 0) is 25.8 Å². The Kier molecular flexibility index (Phi) is 3.53. The number of aromatic hydroxyl groups is 1. The minimum Gasteiger partial charge on any atom is -0.504 e. The van der Waals surface area contributed by atoms with E-state index in [1.165, 1.54) is 0 Å². The van der Waals surface area contributed by atoms with Crippen LogP contribution < -0.4 is 10.1 Å². The van der Waals surface area contributed by atoms with Crippen LogP contribution in [0, 0.1) is 0 Å². The van der Waals surface area contributed by atoms with Gasteiger partial charge >= 0.3 is 0 Å². The highest BCUT2D eigenvalue weighted by Crippen LogP contribution is 2.43. The summed E-state index contributed by atoms with van der Waals surface area (Å²) in [6.07, 6.45) is 3.60. The summed E-state index contributed by atoms with van der Waals surface area (Å²) in [6.45, 7) is 2.37. The number of phenolic OH excluding ortho intramolecular Hbond substituents is 1. The van der Waals surface area contributed by atoms with E-state index in [9.17, 15) is 9.90 Å². The van der Waals surface area contributed by atoms with Crippen LogP contribution in [0.2, 0.25) is 0 Å². The predicted molar refractivity (Wildman–Crippen MR) is 79.1 cm³/mol. The molecule has 1 amide bonds. The van der Waals surface area contributed by atoms with Crippen molar-refractivity contribution in [2.45, 2.75) is 44.3 Å². The van der Waals surface area contributed by atoms with Crippen molar-refractivity contribution < 1.29 is 14.6 Å². The highest BCUT2D eigenvalue weighted by molar-refractivity contribution is 5.89. The van der Waals surface area contributed by atoms with E-state index >= 15 is 0 Å². The standard InChI is InChI=1S/C16H22N2O3/c1-3-21-12-8-6-7-11(13(12)19)14-17-16(9-4-5-10-16)15(20)18(14)2/h6-8,14,17,19H,3-5,9-10H2,1-2H3. The average molecular weight is 290 g/mol. The van der Waals surface area contributed by atoms with Gasteiger partial charge in [0, 0.05) is 12.6 Å². The fourth-order valence-corrected chi connectivity index (χ4v) is 3.53. The molecule has 2 fully saturated rings. The summed E-state index contributed by atoms with van der Waals surface area (Å²) in [4.78, 5) is 14.3. The first kappa shape index (κ1) is 14.2. The van der Waals surface area contributed by atoms with Gasteiger partial charge in [0.2, 0.25) is 5.91 Å². The lowest BCUT2D eigenvalue weighted by atomic mass is 9.98. The van der Waals surface area contributed by atoms with E-state index < -0.39 is 5.54 Å². The van der Waals surface area contributed by atoms with Crippen LogP contribution in [-0.2, 0) is 4.79 Å². The molecule has 1 saturated carbocycles. The average Bonchev–Trinajstić information content (AvgIpc) is 3.04. The van der Waals surface area contributed by atoms with Gasteiger partial charge < -0.3 is 14.7 Å². The molecule has 2 N–H and O–H groups in total. The molecule has 2 aliphatic rings. The lowest BCUT2D eigenvalue weighted by Crippen LogP contribution is -2.43. The normalized spacial score (nSPS) is 24.0. The fraction of sp³-hybridized carbons (Fsp3) is 0.562. The van der Waals surface area contributed by atoms with Crippen LogP contribution in [0.15, 0.2) is 18.2 Å². The third kappa shape index (κ3) is 2.16. The Morgan fingerprint density at radius 3 is 2.81 bits per heavy atom. The van der Waals surface area contributed by atoms with Crippen molar-refractivity contribution in [3.8, 4) is 11.5 Å². The number of nitrogens with one attached hydrogen (secondary N) is 1. The Hall–Kier alpha value is -1.75. The summed E-state index contributed by atoms with van der Waals surface area (Å²) >= 11 is 0. The number of nitrogens with zero attached hydrogens (tertiary/aromatic N) is 1. The van der Waals surface area contributed by atoms with Gasteiger partial charge in [0.25, 0.3) is 0 Å². The van der Waals surface area contributed by atoms with Gasteiger partial charge in [0.1, 0.15) is 6.17 Å². The summed E-state index contributed by atoms with van der Waals surface area (Å²) in [7, 11) is 1.79. The number of phenols is 1. The SMILES string of the molecule is CCOc1cccc(C2NC3(CCCC3)C(=O)N2C)c1O. The topological polar surface area (TPSA) is 61.8 Å². The van der Waals surface area contributed by atoms with Crippen molar-refractivity contribution in [1.29, 1.82) is 0 Å². The highest BCUT2D eigenvalue weighted by Gasteiger charge is 2.51. The van der Waals surface area contributed by atoms with Crippen molar-refractivity contribution in [1.82, 2.24) is 10.2 Å². The predicted octanol–water partition coefficient (Wildman–Crippen LogP) is 2.16. The Morgan fingerprint density at radius 2 is 2.14 bits per heavy atom. The van der Waals surface area contributed by atoms with E-state index in [1.54, 1.807) is 18.0 Å². The summed E-state index contributed by atoms with van der Waals surface area (Å²) in [5.74, 6) is 0.711. The van der Waals surface area contributed by atoms with Crippen LogP contribution in [0.1, 0.15) is 44.3 Å². The number of hydrogen-bond donors (Lipinski definition) is 2. The molecule has 1 atom stereocenters. The number of amides is 1. The van der Waals surface area contributed by atoms with Gasteiger partial charge in [0.15, 0.2) is 11.5 Å². The summed E-state index contributed by atoms with van der Waals surface area (Å²) in [5, 5.41) is 13.9. The third-order valence-corrected chi connectivity index (χ3v) is 4.61. The molecule has 1 spiro atoms. The van der Waals surface area contributed by atoms with Crippen LogP contribution in [-0.4, -0.2) is 35.1 Å². The van der Waals surface area contributed by atoms with Crippen LogP contribution in [0.25, 0.3) is 0 Å². The first-order valence-electron chi connectivity index (χ1n) is 7.59. The van der Waals surface area contributed by atoms with E-state index in [2.05, 4.69) is 5.32 Å². The maximum Gasteiger partial charge on any atom is 0.244 e. The summed E-state index contributed by atoms with van der Waals surface area (Å²) < 4.78 is 5.43. The van der Waals surface area contributed by atoms with E-state index in [0.717, 1.165) is 25.7 Å². The quantitative estimate of drug-likeness (QED) is 0.895. The third-order valence-electron chi connectivity index (χ3n) is 4.61. The summed E-state index contributed by atoms with van der Waals surface area (Å²) in [6, 6.07) is 5.43. The lowest BCUT2D eigenvalue weighted by Gasteiger charge is -2.22. The first-order valence-corrected chi connectivity index (χ1v) is 7.59. The van der Waals surface area contributed by atoms with Gasteiger partial charge in [-0.1, -0.05) is 25.0 Å². The highest BCUT2D eigenvalue weighted by atomic mass is 16.5. The van der Waals surface area contributed by atoms with Crippen LogP contribution >= 0.6 is 0 Å². The zero-order chi connectivity index (χ0) is 15.0. The minimum absolute atomic E-state index is 0.117. The van der Waals surface area contributed by atoms with Crippen LogP contribution in [0.3, 0.4) is 0 Å². The zero-order valence-corrected chi connectivity index (χ0v) is 12.6. The van der Waals surface area contributed by atoms with Crippen molar-refractivity contribution >= 4 is 5.91 Å². The number of rotatable bonds is 3. The molecule has 0 aromatic heterocycles. The molecule has 1 aromatic rings. The number of likely N-dealkylation sites (N-methyl/N-ethyl adjacent to an activating group) is 1. The second-order valence-electron chi connectivity index (χ2n) is 5.88. The number of ether oxygens (including phenoxy) is 1. The second kappa shape index (κ2) is 5.22. The van der Waals surface area contributed by atoms with Gasteiger partial charge in [-0.3, -0.25) is 10.1 Å². The molecule has 1 aliphatic heterocycles. The first-order chi connectivity index (χ1) is 10.1. The summed E-state index contributed by atoms with van der Waals surface area (Å²) in [5.41, 5.74) is 0.258. The maximum atomic E-state index is 12.6. The van der Waals surface area contributed by atoms with Crippen molar-refractivity contribution in [2.75, 3.05) is 13.7 Å². The van der Waals surface area contributed by atoms with Crippen LogP contribution in [0.4, 0.5) is 0 Å². The van der Waals surface area contributed by atoms with E-state index in [0.29, 0.717) is 17.9 Å². The van der Waals surface area contributed by atoms with Gasteiger partial charge in [0.05, 0.1) is 12.1 Å². The molecule has 5 heteroatoms. The molecule has 1 unspecified atom stereocenters. The number of carbonyl (C=O) groups is 1. The van der Waals surface area contributed by atoms with Gasteiger partial charge in [-0.2, -0.15) is 0 Å². The smallest absolute Gasteiger partial charge is 0.244 e. The largest absolute Gasteiger partial charge is 0.504 e. The van der Waals surface area contributed by atoms with E-state index in [4.69, 9.17) is 4.74 Å². The monoisotopic (exact) mass is 290 g/mol. The second-order valence-corrected chi connectivity index (χ2v) is 5.88. The van der Waals surface area contributed by atoms with Gasteiger partial charge in [-0.25, -0.2) is 0 Å². The maximum absolute atomic E-state index is 12.6. The number of para-hydroxylation sites is 1. The van der Waals surface area contributed by atoms with E-state index in [-0.39, 0.29) is 17.8 Å². The lowest BCUT2D eigenvalue weighted by molar-refractivity contribution is -0.132. The van der Waals surface area contributed by atoms with Gasteiger partial charge in [-0.15, -0.1) is 0 Å². The number of carbonyl (C=O) groups excluding carboxylic acids is 1. The molecule has 0 radical (unpaired) electrons. The molecule has 1 aromatic carbocycles. The van der Waals surface area contributed by atoms with Crippen LogP contribution in [0.5, 0.6) is 11.5 Å². The van der Waals surface area contributed by atoms with Crippen molar-refractivity contribution in [2.24, 2.45) is 0 Å². The molecule has 1 saturated heterocycles. The zero-order valence-electron chi connectivity index (χ0n) is 12.6. The molecule has 1 heterocycles. The Balaban J connectivity index is 1.94. The number of hydrogen-bond acceptors (Lipinski definition) is 4. The molecular weight excluding hydrogens is 268 g/mol. The number of benzene rings is 1. The Labute approximate surface area is 124 Å². The minimum atomic E-state index is -0.437. The Morgan fingerprint density at radius 1 is 1.43 bits per heavy atom. The molecule has 3 rings (SSSR count). The molecule has 5 nitrogen and oxygen atoms in total. The molecule has 114 valence electrons. The van der Waals surface area contributed by atoms with E-state index in [1.807, 2.05) is 19.1 Å². The fourth-order valence-electron chi connectivity index (χ4n) is 3.53. The molecular formula is C16H22N2O3. The Bertz CT molecular complexity index is 552. The molecule has 0 bridgehead atoms. The molecule has 1 aliphatic carbocycles. The molecule has 21 heavy (non-hydrogen) atoms. The van der Waals surface area contributed by atoms with Crippen molar-refractivity contribution in [3.63, 3.8) is 0 Å². The van der Waals surface area contributed by atoms with Crippen molar-refractivity contribution in [3.05, 3.63) is 23.8 Å².